The lowest BCUT2D eigenvalue weighted by atomic mass is 10.0. The summed E-state index contributed by atoms with van der Waals surface area (Å²) in [6, 6.07) is 5.33. The Labute approximate surface area is 114 Å². The smallest absolute Gasteiger partial charge is 0.257 e. The molecule has 1 unspecified atom stereocenters. The van der Waals surface area contributed by atoms with Crippen LogP contribution < -0.4 is 10.5 Å². The van der Waals surface area contributed by atoms with Gasteiger partial charge in [-0.15, -0.1) is 0 Å². The quantitative estimate of drug-likeness (QED) is 0.848. The molecule has 1 aliphatic heterocycles. The van der Waals surface area contributed by atoms with Crippen molar-refractivity contribution in [3.63, 3.8) is 0 Å². The molecule has 1 heterocycles. The van der Waals surface area contributed by atoms with Crippen molar-refractivity contribution in [2.75, 3.05) is 25.9 Å². The summed E-state index contributed by atoms with van der Waals surface area (Å²) < 4.78 is 5.26. The Kier molecular flexibility index (Phi) is 4.30. The van der Waals surface area contributed by atoms with E-state index in [9.17, 15) is 4.79 Å². The van der Waals surface area contributed by atoms with Crippen LogP contribution in [-0.2, 0) is 0 Å². The first-order chi connectivity index (χ1) is 9.17. The van der Waals surface area contributed by atoms with E-state index in [1.807, 2.05) is 4.90 Å². The second kappa shape index (κ2) is 5.95. The van der Waals surface area contributed by atoms with Crippen LogP contribution in [0.25, 0.3) is 0 Å². The van der Waals surface area contributed by atoms with E-state index in [1.54, 1.807) is 25.3 Å². The highest BCUT2D eigenvalue weighted by atomic mass is 16.5. The molecule has 0 bridgehead atoms. The zero-order valence-electron chi connectivity index (χ0n) is 11.7. The van der Waals surface area contributed by atoms with Crippen molar-refractivity contribution in [3.8, 4) is 5.75 Å². The Morgan fingerprint density at radius 3 is 3.00 bits per heavy atom. The summed E-state index contributed by atoms with van der Waals surface area (Å²) in [4.78, 5) is 14.4. The number of anilines is 1. The van der Waals surface area contributed by atoms with Gasteiger partial charge in [-0.3, -0.25) is 4.79 Å². The summed E-state index contributed by atoms with van der Waals surface area (Å²) in [6.45, 7) is 3.87. The number of nitrogens with two attached hydrogens (primary N) is 1. The number of methoxy groups -OCH3 is 1. The summed E-state index contributed by atoms with van der Waals surface area (Å²) in [5.41, 5.74) is 6.93. The first-order valence-electron chi connectivity index (χ1n) is 6.89. The molecule has 4 heteroatoms. The van der Waals surface area contributed by atoms with Crippen LogP contribution in [0.4, 0.5) is 5.69 Å². The van der Waals surface area contributed by atoms with Crippen LogP contribution in [0.1, 0.15) is 36.5 Å². The van der Waals surface area contributed by atoms with Crippen molar-refractivity contribution < 1.29 is 9.53 Å². The van der Waals surface area contributed by atoms with Gasteiger partial charge in [-0.1, -0.05) is 19.4 Å². The highest BCUT2D eigenvalue weighted by Gasteiger charge is 2.28. The third-order valence-corrected chi connectivity index (χ3v) is 3.75. The Morgan fingerprint density at radius 2 is 2.32 bits per heavy atom. The SMILES string of the molecule is CCCC1CCN(C(=O)c2cccc(N)c2OC)C1. The second-order valence-electron chi connectivity index (χ2n) is 5.12. The van der Waals surface area contributed by atoms with Crippen molar-refractivity contribution in [2.45, 2.75) is 26.2 Å². The van der Waals surface area contributed by atoms with Crippen molar-refractivity contribution in [1.82, 2.24) is 4.90 Å². The number of nitrogen functional groups attached to an aromatic ring is 1. The van der Waals surface area contributed by atoms with E-state index in [-0.39, 0.29) is 5.91 Å². The molecule has 1 aliphatic rings. The van der Waals surface area contributed by atoms with E-state index in [1.165, 1.54) is 12.8 Å². The number of benzene rings is 1. The Hall–Kier alpha value is -1.71. The Balaban J connectivity index is 2.15. The second-order valence-corrected chi connectivity index (χ2v) is 5.12. The Bertz CT molecular complexity index is 459. The van der Waals surface area contributed by atoms with Gasteiger partial charge in [0.25, 0.3) is 5.91 Å². The fourth-order valence-electron chi connectivity index (χ4n) is 2.78. The summed E-state index contributed by atoms with van der Waals surface area (Å²) in [5.74, 6) is 1.16. The zero-order chi connectivity index (χ0) is 13.8. The average Bonchev–Trinajstić information content (AvgIpc) is 2.86. The van der Waals surface area contributed by atoms with Gasteiger partial charge in [0.2, 0.25) is 0 Å². The van der Waals surface area contributed by atoms with Crippen LogP contribution in [-0.4, -0.2) is 31.0 Å². The maximum Gasteiger partial charge on any atom is 0.257 e. The summed E-state index contributed by atoms with van der Waals surface area (Å²) in [7, 11) is 1.55. The molecule has 1 saturated heterocycles. The lowest BCUT2D eigenvalue weighted by Gasteiger charge is -2.18. The molecule has 104 valence electrons. The lowest BCUT2D eigenvalue weighted by molar-refractivity contribution is 0.0783. The van der Waals surface area contributed by atoms with Crippen LogP contribution in [0.3, 0.4) is 0 Å². The molecule has 2 N–H and O–H groups in total. The predicted octanol–water partition coefficient (Wildman–Crippen LogP) is 2.54. The molecule has 1 fully saturated rings. The number of likely N-dealkylation sites (tertiary alicyclic amines) is 1. The number of ether oxygens (including phenoxy) is 1. The first kappa shape index (κ1) is 13.7. The molecule has 1 aromatic rings. The minimum atomic E-state index is 0.0303. The molecule has 19 heavy (non-hydrogen) atoms. The molecule has 0 aliphatic carbocycles. The summed E-state index contributed by atoms with van der Waals surface area (Å²) in [6.07, 6.45) is 3.47. The van der Waals surface area contributed by atoms with E-state index in [0.29, 0.717) is 22.9 Å². The van der Waals surface area contributed by atoms with Crippen LogP contribution >= 0.6 is 0 Å². The van der Waals surface area contributed by atoms with E-state index in [2.05, 4.69) is 6.92 Å². The fourth-order valence-corrected chi connectivity index (χ4v) is 2.78. The average molecular weight is 262 g/mol. The fraction of sp³-hybridized carbons (Fsp3) is 0.533. The normalized spacial score (nSPS) is 18.6. The molecule has 0 spiro atoms. The van der Waals surface area contributed by atoms with Gasteiger partial charge in [0.1, 0.15) is 0 Å². The van der Waals surface area contributed by atoms with Crippen LogP contribution in [0.2, 0.25) is 0 Å². The molecule has 4 nitrogen and oxygen atoms in total. The predicted molar refractivity (Wildman–Crippen MR) is 76.3 cm³/mol. The van der Waals surface area contributed by atoms with E-state index in [4.69, 9.17) is 10.5 Å². The van der Waals surface area contributed by atoms with Crippen molar-refractivity contribution in [1.29, 1.82) is 0 Å². The van der Waals surface area contributed by atoms with Gasteiger partial charge in [-0.05, 0) is 30.9 Å². The minimum absolute atomic E-state index is 0.0303. The highest BCUT2D eigenvalue weighted by Crippen LogP contribution is 2.29. The van der Waals surface area contributed by atoms with Gasteiger partial charge in [-0.25, -0.2) is 0 Å². The standard InChI is InChI=1S/C15H22N2O2/c1-3-5-11-8-9-17(10-11)15(18)12-6-4-7-13(16)14(12)19-2/h4,6-7,11H,3,5,8-10,16H2,1-2H3. The van der Waals surface area contributed by atoms with Gasteiger partial charge in [-0.2, -0.15) is 0 Å². The number of carbonyl (C=O) groups is 1. The largest absolute Gasteiger partial charge is 0.494 e. The van der Waals surface area contributed by atoms with Gasteiger partial charge < -0.3 is 15.4 Å². The molecular weight excluding hydrogens is 240 g/mol. The van der Waals surface area contributed by atoms with Gasteiger partial charge in [0.05, 0.1) is 18.4 Å². The number of amides is 1. The molecule has 2 rings (SSSR count). The van der Waals surface area contributed by atoms with Gasteiger partial charge >= 0.3 is 0 Å². The molecule has 1 atom stereocenters. The molecule has 1 amide bonds. The number of nitrogens with zero attached hydrogens (tertiary/aromatic N) is 1. The molecule has 1 aromatic carbocycles. The van der Waals surface area contributed by atoms with Gasteiger partial charge in [0.15, 0.2) is 5.75 Å². The van der Waals surface area contributed by atoms with Crippen molar-refractivity contribution >= 4 is 11.6 Å². The highest BCUT2D eigenvalue weighted by molar-refractivity contribution is 5.98. The zero-order valence-corrected chi connectivity index (χ0v) is 11.7. The third-order valence-electron chi connectivity index (χ3n) is 3.75. The van der Waals surface area contributed by atoms with Crippen LogP contribution in [0.15, 0.2) is 18.2 Å². The topological polar surface area (TPSA) is 55.6 Å². The number of hydrogen-bond acceptors (Lipinski definition) is 3. The van der Waals surface area contributed by atoms with Crippen molar-refractivity contribution in [3.05, 3.63) is 23.8 Å². The Morgan fingerprint density at radius 1 is 1.53 bits per heavy atom. The molecular formula is C15H22N2O2. The van der Waals surface area contributed by atoms with Gasteiger partial charge in [0, 0.05) is 13.1 Å². The lowest BCUT2D eigenvalue weighted by Crippen LogP contribution is -2.29. The first-order valence-corrected chi connectivity index (χ1v) is 6.89. The summed E-state index contributed by atoms with van der Waals surface area (Å²) >= 11 is 0. The number of para-hydroxylation sites is 1. The van der Waals surface area contributed by atoms with Crippen molar-refractivity contribution in [2.24, 2.45) is 5.92 Å². The van der Waals surface area contributed by atoms with Crippen LogP contribution in [0.5, 0.6) is 5.75 Å². The minimum Gasteiger partial charge on any atom is -0.494 e. The van der Waals surface area contributed by atoms with E-state index < -0.39 is 0 Å². The van der Waals surface area contributed by atoms with Crippen LogP contribution in [0, 0.1) is 5.92 Å². The maximum atomic E-state index is 12.5. The number of rotatable bonds is 4. The number of hydrogen-bond donors (Lipinski definition) is 1. The van der Waals surface area contributed by atoms with E-state index >= 15 is 0 Å². The molecule has 0 aromatic heterocycles. The molecule has 0 radical (unpaired) electrons. The van der Waals surface area contributed by atoms with E-state index in [0.717, 1.165) is 19.5 Å². The maximum absolute atomic E-state index is 12.5. The monoisotopic (exact) mass is 262 g/mol. The number of carbonyl (C=O) groups excluding carboxylic acids is 1. The summed E-state index contributed by atoms with van der Waals surface area (Å²) in [5, 5.41) is 0. The third kappa shape index (κ3) is 2.83. The molecule has 0 saturated carbocycles.